The molecule has 0 aromatic heterocycles. The monoisotopic (exact) mass is 450 g/mol. The predicted octanol–water partition coefficient (Wildman–Crippen LogP) is 7.56. The van der Waals surface area contributed by atoms with Crippen molar-refractivity contribution in [3.05, 3.63) is 107 Å². The van der Waals surface area contributed by atoms with Crippen LogP contribution in [0, 0.1) is 42.3 Å². The molecule has 0 saturated heterocycles. The summed E-state index contributed by atoms with van der Waals surface area (Å²) in [6.07, 6.45) is 0. The van der Waals surface area contributed by atoms with Crippen LogP contribution in [-0.4, -0.2) is 0 Å². The third-order valence-electron chi connectivity index (χ3n) is 5.07. The van der Waals surface area contributed by atoms with Crippen molar-refractivity contribution in [3.63, 3.8) is 0 Å². The Labute approximate surface area is 196 Å². The lowest BCUT2D eigenvalue weighted by atomic mass is 10.0. The fourth-order valence-corrected chi connectivity index (χ4v) is 3.42. The van der Waals surface area contributed by atoms with Crippen LogP contribution in [0.4, 0.5) is 4.39 Å². The number of benzene rings is 4. The van der Waals surface area contributed by atoms with E-state index in [9.17, 15) is 10.5 Å². The molecule has 34 heavy (non-hydrogen) atoms. The van der Waals surface area contributed by atoms with E-state index in [0.717, 1.165) is 11.1 Å². The van der Waals surface area contributed by atoms with Gasteiger partial charge in [-0.2, -0.15) is 10.5 Å². The van der Waals surface area contributed by atoms with Gasteiger partial charge in [0, 0.05) is 0 Å². The number of halogens is 1. The summed E-state index contributed by atoms with van der Waals surface area (Å²) in [7, 11) is 0. The molecule has 0 unspecified atom stereocenters. The standard InChI is InChI=1S/C28H19FN2O3/c1-18-10-9-11-19(2)25(18)34-26-23(17-31)22(16-30)24(29)27(32-20-12-5-3-6-13-20)28(26)33-21-14-7-4-8-15-21/h3-15H,1-2H3. The zero-order valence-corrected chi connectivity index (χ0v) is 18.5. The molecule has 0 spiro atoms. The smallest absolute Gasteiger partial charge is 0.216 e. The number of aryl methyl sites for hydroxylation is 2. The van der Waals surface area contributed by atoms with Crippen molar-refractivity contribution in [2.45, 2.75) is 13.8 Å². The molecule has 0 N–H and O–H groups in total. The topological polar surface area (TPSA) is 75.3 Å². The molecule has 0 bridgehead atoms. The zero-order valence-electron chi connectivity index (χ0n) is 18.5. The third-order valence-corrected chi connectivity index (χ3v) is 5.07. The van der Waals surface area contributed by atoms with Crippen LogP contribution >= 0.6 is 0 Å². The van der Waals surface area contributed by atoms with Gasteiger partial charge in [0.25, 0.3) is 0 Å². The van der Waals surface area contributed by atoms with E-state index in [-0.39, 0.29) is 22.8 Å². The summed E-state index contributed by atoms with van der Waals surface area (Å²) in [5, 5.41) is 19.6. The van der Waals surface area contributed by atoms with Crippen LogP contribution in [0.3, 0.4) is 0 Å². The molecule has 4 rings (SSSR count). The number of para-hydroxylation sites is 3. The van der Waals surface area contributed by atoms with Gasteiger partial charge in [-0.3, -0.25) is 0 Å². The van der Waals surface area contributed by atoms with E-state index in [1.807, 2.05) is 44.2 Å². The fraction of sp³-hybridized carbons (Fsp3) is 0.0714. The van der Waals surface area contributed by atoms with Gasteiger partial charge in [0.15, 0.2) is 11.6 Å². The number of nitriles is 2. The molecule has 0 aliphatic rings. The lowest BCUT2D eigenvalue weighted by Gasteiger charge is -2.20. The highest BCUT2D eigenvalue weighted by atomic mass is 19.1. The van der Waals surface area contributed by atoms with Crippen molar-refractivity contribution in [1.29, 1.82) is 10.5 Å². The highest BCUT2D eigenvalue weighted by Crippen LogP contribution is 2.50. The van der Waals surface area contributed by atoms with Crippen LogP contribution in [0.1, 0.15) is 22.3 Å². The van der Waals surface area contributed by atoms with E-state index in [0.29, 0.717) is 17.2 Å². The Bertz CT molecular complexity index is 1400. The minimum atomic E-state index is -1.01. The Morgan fingerprint density at radius 3 is 1.56 bits per heavy atom. The van der Waals surface area contributed by atoms with Gasteiger partial charge >= 0.3 is 0 Å². The Hall–Kier alpha value is -4.81. The SMILES string of the molecule is Cc1cccc(C)c1Oc1c(C#N)c(C#N)c(F)c(Oc2ccccc2)c1Oc1ccccc1. The molecule has 0 heterocycles. The first-order chi connectivity index (χ1) is 16.5. The van der Waals surface area contributed by atoms with Crippen molar-refractivity contribution in [3.8, 4) is 46.6 Å². The molecule has 166 valence electrons. The maximum Gasteiger partial charge on any atom is 0.216 e. The summed E-state index contributed by atoms with van der Waals surface area (Å²) < 4.78 is 33.7. The first-order valence-corrected chi connectivity index (χ1v) is 10.4. The van der Waals surface area contributed by atoms with Gasteiger partial charge in [0.1, 0.15) is 40.5 Å². The van der Waals surface area contributed by atoms with Crippen molar-refractivity contribution in [2.75, 3.05) is 0 Å². The molecular formula is C28H19FN2O3. The number of nitrogens with zero attached hydrogens (tertiary/aromatic N) is 2. The van der Waals surface area contributed by atoms with Crippen molar-refractivity contribution >= 4 is 0 Å². The summed E-state index contributed by atoms with van der Waals surface area (Å²) in [5.41, 5.74) is 0.815. The van der Waals surface area contributed by atoms with Gasteiger partial charge in [-0.1, -0.05) is 54.6 Å². The zero-order chi connectivity index (χ0) is 24.1. The fourth-order valence-electron chi connectivity index (χ4n) is 3.42. The third kappa shape index (κ3) is 4.39. The average Bonchev–Trinajstić information content (AvgIpc) is 2.85. The van der Waals surface area contributed by atoms with Crippen LogP contribution in [0.5, 0.6) is 34.5 Å². The van der Waals surface area contributed by atoms with Gasteiger partial charge in [0.05, 0.1) is 0 Å². The summed E-state index contributed by atoms with van der Waals surface area (Å²) in [6, 6.07) is 26.5. The van der Waals surface area contributed by atoms with Crippen molar-refractivity contribution in [2.24, 2.45) is 0 Å². The van der Waals surface area contributed by atoms with Gasteiger partial charge in [-0.25, -0.2) is 4.39 Å². The van der Waals surface area contributed by atoms with Gasteiger partial charge < -0.3 is 14.2 Å². The highest BCUT2D eigenvalue weighted by molar-refractivity contribution is 5.69. The second-order valence-electron chi connectivity index (χ2n) is 7.43. The molecule has 4 aromatic carbocycles. The molecule has 5 nitrogen and oxygen atoms in total. The van der Waals surface area contributed by atoms with Crippen LogP contribution in [0.15, 0.2) is 78.9 Å². The quantitative estimate of drug-likeness (QED) is 0.303. The molecule has 0 saturated carbocycles. The maximum absolute atomic E-state index is 15.6. The van der Waals surface area contributed by atoms with Crippen LogP contribution in [0.2, 0.25) is 0 Å². The summed E-state index contributed by atoms with van der Waals surface area (Å²) in [5.74, 6) is -0.448. The number of ether oxygens (including phenoxy) is 3. The first-order valence-electron chi connectivity index (χ1n) is 10.4. The molecule has 6 heteroatoms. The largest absolute Gasteiger partial charge is 0.451 e. The van der Waals surface area contributed by atoms with E-state index in [1.54, 1.807) is 60.7 Å². The minimum Gasteiger partial charge on any atom is -0.451 e. The normalized spacial score (nSPS) is 10.1. The summed E-state index contributed by atoms with van der Waals surface area (Å²) in [4.78, 5) is 0. The Morgan fingerprint density at radius 2 is 1.06 bits per heavy atom. The summed E-state index contributed by atoms with van der Waals surface area (Å²) >= 11 is 0. The van der Waals surface area contributed by atoms with Crippen LogP contribution in [-0.2, 0) is 0 Å². The molecule has 0 radical (unpaired) electrons. The lowest BCUT2D eigenvalue weighted by molar-refractivity contribution is 0.367. The first kappa shape index (κ1) is 22.4. The van der Waals surface area contributed by atoms with E-state index in [1.165, 1.54) is 0 Å². The van der Waals surface area contributed by atoms with E-state index in [4.69, 9.17) is 14.2 Å². The van der Waals surface area contributed by atoms with Crippen LogP contribution in [0.25, 0.3) is 0 Å². The second-order valence-corrected chi connectivity index (χ2v) is 7.43. The summed E-state index contributed by atoms with van der Waals surface area (Å²) in [6.45, 7) is 3.70. The number of rotatable bonds is 6. The van der Waals surface area contributed by atoms with Crippen molar-refractivity contribution in [1.82, 2.24) is 0 Å². The highest BCUT2D eigenvalue weighted by Gasteiger charge is 2.30. The van der Waals surface area contributed by atoms with Gasteiger partial charge in [0.2, 0.25) is 11.5 Å². The number of hydrogen-bond donors (Lipinski definition) is 0. The number of hydrogen-bond acceptors (Lipinski definition) is 5. The maximum atomic E-state index is 15.6. The molecule has 0 atom stereocenters. The van der Waals surface area contributed by atoms with E-state index >= 15 is 4.39 Å². The molecule has 0 fully saturated rings. The molecule has 0 amide bonds. The Balaban J connectivity index is 2.01. The van der Waals surface area contributed by atoms with Crippen molar-refractivity contribution < 1.29 is 18.6 Å². The van der Waals surface area contributed by atoms with Gasteiger partial charge in [-0.05, 0) is 49.2 Å². The van der Waals surface area contributed by atoms with Crippen LogP contribution < -0.4 is 14.2 Å². The Kier molecular flexibility index (Phi) is 6.43. The predicted molar refractivity (Wildman–Crippen MR) is 125 cm³/mol. The van der Waals surface area contributed by atoms with Gasteiger partial charge in [-0.15, -0.1) is 0 Å². The molecule has 4 aromatic rings. The second kappa shape index (κ2) is 9.77. The molecule has 0 aliphatic heterocycles. The van der Waals surface area contributed by atoms with E-state index < -0.39 is 11.4 Å². The average molecular weight is 450 g/mol. The van der Waals surface area contributed by atoms with E-state index in [2.05, 4.69) is 0 Å². The molecule has 0 aliphatic carbocycles. The Morgan fingerprint density at radius 1 is 0.559 bits per heavy atom. The molecular weight excluding hydrogens is 431 g/mol. The minimum absolute atomic E-state index is 0.104. The lowest BCUT2D eigenvalue weighted by Crippen LogP contribution is -2.04.